The molecule has 3 aromatic rings. The Labute approximate surface area is 176 Å². The van der Waals surface area contributed by atoms with Gasteiger partial charge in [-0.05, 0) is 36.2 Å². The second-order valence-electron chi connectivity index (χ2n) is 7.17. The monoisotopic (exact) mass is 406 g/mol. The number of aromatic nitrogens is 1. The predicted octanol–water partition coefficient (Wildman–Crippen LogP) is 4.93. The number of para-hydroxylation sites is 1. The van der Waals surface area contributed by atoms with Gasteiger partial charge in [0.15, 0.2) is 0 Å². The van der Waals surface area contributed by atoms with Crippen molar-refractivity contribution in [2.75, 3.05) is 19.5 Å². The minimum Gasteiger partial charge on any atom is -0.496 e. The Hall–Kier alpha value is -2.66. The third kappa shape index (κ3) is 4.67. The van der Waals surface area contributed by atoms with E-state index in [9.17, 15) is 0 Å². The molecule has 0 saturated carbocycles. The Bertz CT molecular complexity index is 996. The normalized spacial score (nSPS) is 15.8. The number of benzene rings is 2. The predicted molar refractivity (Wildman–Crippen MR) is 120 cm³/mol. The molecule has 0 amide bonds. The maximum atomic E-state index is 5.96. The van der Waals surface area contributed by atoms with Crippen molar-refractivity contribution in [3.63, 3.8) is 0 Å². The molecule has 1 aliphatic rings. The van der Waals surface area contributed by atoms with Crippen LogP contribution in [0.15, 0.2) is 71.9 Å². The number of methoxy groups -OCH3 is 1. The van der Waals surface area contributed by atoms with Gasteiger partial charge in [-0.2, -0.15) is 11.8 Å². The van der Waals surface area contributed by atoms with Crippen LogP contribution in [0.2, 0.25) is 0 Å². The number of ether oxygens (including phenoxy) is 2. The van der Waals surface area contributed by atoms with E-state index >= 15 is 0 Å². The third-order valence-corrected chi connectivity index (χ3v) is 6.26. The summed E-state index contributed by atoms with van der Waals surface area (Å²) in [6.45, 7) is 3.54. The second kappa shape index (κ2) is 9.23. The molecule has 4 nitrogen and oxygen atoms in total. The van der Waals surface area contributed by atoms with Crippen LogP contribution in [0.1, 0.15) is 22.4 Å². The molecule has 0 saturated heterocycles. The number of thioether (sulfide) groups is 1. The Morgan fingerprint density at radius 3 is 2.69 bits per heavy atom. The van der Waals surface area contributed by atoms with Crippen LogP contribution in [0.4, 0.5) is 0 Å². The van der Waals surface area contributed by atoms with Crippen LogP contribution in [-0.4, -0.2) is 36.0 Å². The zero-order chi connectivity index (χ0) is 20.1. The average molecular weight is 407 g/mol. The molecule has 5 heteroatoms. The van der Waals surface area contributed by atoms with Crippen molar-refractivity contribution >= 4 is 17.7 Å². The molecular weight excluding hydrogens is 380 g/mol. The van der Waals surface area contributed by atoms with Crippen LogP contribution in [0.5, 0.6) is 5.75 Å². The molecule has 1 aromatic heterocycles. The maximum Gasteiger partial charge on any atom is 0.233 e. The van der Waals surface area contributed by atoms with Gasteiger partial charge in [-0.25, -0.2) is 4.99 Å². The van der Waals surface area contributed by atoms with Crippen LogP contribution in [-0.2, 0) is 17.0 Å². The van der Waals surface area contributed by atoms with E-state index in [0.717, 1.165) is 41.0 Å². The molecule has 150 valence electrons. The molecule has 0 fully saturated rings. The van der Waals surface area contributed by atoms with Gasteiger partial charge < -0.3 is 14.0 Å². The van der Waals surface area contributed by atoms with Crippen molar-refractivity contribution in [3.05, 3.63) is 89.2 Å². The highest BCUT2D eigenvalue weighted by atomic mass is 32.2. The maximum absolute atomic E-state index is 5.96. The van der Waals surface area contributed by atoms with Gasteiger partial charge in [0.25, 0.3) is 0 Å². The molecule has 2 aromatic carbocycles. The number of hydrogen-bond donors (Lipinski definition) is 0. The minimum atomic E-state index is 0.202. The van der Waals surface area contributed by atoms with E-state index < -0.39 is 0 Å². The SMILES string of the molecule is COc1ccccc1Cn1cccc1C1=N[C@H](CSCc2ccccc2C)CO1. The quantitative estimate of drug-likeness (QED) is 0.532. The van der Waals surface area contributed by atoms with Gasteiger partial charge in [-0.1, -0.05) is 42.5 Å². The highest BCUT2D eigenvalue weighted by Gasteiger charge is 2.22. The number of rotatable bonds is 8. The van der Waals surface area contributed by atoms with Gasteiger partial charge in [0.05, 0.1) is 19.7 Å². The fraction of sp³-hybridized carbons (Fsp3) is 0.292. The first kappa shape index (κ1) is 19.6. The van der Waals surface area contributed by atoms with Gasteiger partial charge in [-0.15, -0.1) is 0 Å². The molecule has 0 aliphatic carbocycles. The van der Waals surface area contributed by atoms with Crippen LogP contribution < -0.4 is 4.74 Å². The number of aryl methyl sites for hydroxylation is 1. The van der Waals surface area contributed by atoms with Crippen LogP contribution >= 0.6 is 11.8 Å². The largest absolute Gasteiger partial charge is 0.496 e. The summed E-state index contributed by atoms with van der Waals surface area (Å²) in [6.07, 6.45) is 2.06. The van der Waals surface area contributed by atoms with Gasteiger partial charge in [0, 0.05) is 23.3 Å². The lowest BCUT2D eigenvalue weighted by Crippen LogP contribution is -2.11. The average Bonchev–Trinajstić information content (AvgIpc) is 3.39. The first-order valence-corrected chi connectivity index (χ1v) is 11.0. The first-order chi connectivity index (χ1) is 14.2. The lowest BCUT2D eigenvalue weighted by molar-refractivity contribution is 0.323. The standard InChI is InChI=1S/C24H26N2O2S/c1-18-8-3-4-10-20(18)16-29-17-21-15-28-24(25-21)22-11-7-13-26(22)14-19-9-5-6-12-23(19)27-2/h3-13,21H,14-17H2,1-2H3/t21-/m0/s1. The van der Waals surface area contributed by atoms with E-state index in [0.29, 0.717) is 6.61 Å². The van der Waals surface area contributed by atoms with E-state index in [1.807, 2.05) is 36.0 Å². The molecule has 0 N–H and O–H groups in total. The van der Waals surface area contributed by atoms with Crippen molar-refractivity contribution < 1.29 is 9.47 Å². The zero-order valence-corrected chi connectivity index (χ0v) is 17.7. The Balaban J connectivity index is 1.40. The Kier molecular flexibility index (Phi) is 6.25. The summed E-state index contributed by atoms with van der Waals surface area (Å²) in [4.78, 5) is 4.85. The van der Waals surface area contributed by atoms with E-state index in [4.69, 9.17) is 14.5 Å². The Morgan fingerprint density at radius 1 is 1.07 bits per heavy atom. The van der Waals surface area contributed by atoms with Crippen molar-refractivity contribution in [2.24, 2.45) is 4.99 Å². The molecule has 29 heavy (non-hydrogen) atoms. The summed E-state index contributed by atoms with van der Waals surface area (Å²) >= 11 is 1.92. The topological polar surface area (TPSA) is 35.8 Å². The number of aliphatic imine (C=N–C) groups is 1. The molecule has 0 spiro atoms. The fourth-order valence-electron chi connectivity index (χ4n) is 3.48. The molecule has 4 rings (SSSR count). The second-order valence-corrected chi connectivity index (χ2v) is 8.20. The summed E-state index contributed by atoms with van der Waals surface area (Å²) in [5, 5.41) is 0. The van der Waals surface area contributed by atoms with E-state index in [1.54, 1.807) is 7.11 Å². The summed E-state index contributed by atoms with van der Waals surface area (Å²) in [5.41, 5.74) is 4.89. The highest BCUT2D eigenvalue weighted by Crippen LogP contribution is 2.23. The van der Waals surface area contributed by atoms with E-state index in [1.165, 1.54) is 11.1 Å². The molecule has 1 atom stereocenters. The van der Waals surface area contributed by atoms with Gasteiger partial charge in [-0.3, -0.25) is 0 Å². The van der Waals surface area contributed by atoms with E-state index in [-0.39, 0.29) is 6.04 Å². The first-order valence-electron chi connectivity index (χ1n) is 9.85. The fourth-order valence-corrected chi connectivity index (χ4v) is 4.59. The molecule has 0 unspecified atom stereocenters. The molecule has 1 aliphatic heterocycles. The van der Waals surface area contributed by atoms with Crippen molar-refractivity contribution in [2.45, 2.75) is 25.3 Å². The van der Waals surface area contributed by atoms with E-state index in [2.05, 4.69) is 54.1 Å². The smallest absolute Gasteiger partial charge is 0.233 e. The summed E-state index contributed by atoms with van der Waals surface area (Å²) in [6, 6.07) is 21.0. The minimum absolute atomic E-state index is 0.202. The zero-order valence-electron chi connectivity index (χ0n) is 16.9. The molecule has 0 radical (unpaired) electrons. The number of hydrogen-bond acceptors (Lipinski definition) is 4. The van der Waals surface area contributed by atoms with Crippen molar-refractivity contribution in [1.82, 2.24) is 4.57 Å². The summed E-state index contributed by atoms with van der Waals surface area (Å²) < 4.78 is 13.6. The Morgan fingerprint density at radius 2 is 1.86 bits per heavy atom. The lowest BCUT2D eigenvalue weighted by Gasteiger charge is -2.12. The van der Waals surface area contributed by atoms with Gasteiger partial charge in [0.2, 0.25) is 5.90 Å². The molecule has 2 heterocycles. The van der Waals surface area contributed by atoms with Crippen LogP contribution in [0, 0.1) is 6.92 Å². The lowest BCUT2D eigenvalue weighted by atomic mass is 10.1. The molecular formula is C24H26N2O2S. The van der Waals surface area contributed by atoms with Crippen LogP contribution in [0.25, 0.3) is 0 Å². The third-order valence-electron chi connectivity index (χ3n) is 5.12. The van der Waals surface area contributed by atoms with Gasteiger partial charge in [0.1, 0.15) is 18.1 Å². The summed E-state index contributed by atoms with van der Waals surface area (Å²) in [7, 11) is 1.71. The highest BCUT2D eigenvalue weighted by molar-refractivity contribution is 7.98. The van der Waals surface area contributed by atoms with Crippen molar-refractivity contribution in [3.8, 4) is 5.75 Å². The summed E-state index contributed by atoms with van der Waals surface area (Å²) in [5.74, 6) is 3.61. The van der Waals surface area contributed by atoms with Gasteiger partial charge >= 0.3 is 0 Å². The van der Waals surface area contributed by atoms with Crippen molar-refractivity contribution in [1.29, 1.82) is 0 Å². The van der Waals surface area contributed by atoms with Crippen LogP contribution in [0.3, 0.4) is 0 Å². The number of nitrogens with zero attached hydrogens (tertiary/aromatic N) is 2. The molecule has 0 bridgehead atoms.